The second-order valence-electron chi connectivity index (χ2n) is 5.50. The number of nitrogens with zero attached hydrogens (tertiary/aromatic N) is 2. The smallest absolute Gasteiger partial charge is 0.263 e. The molecule has 0 bridgehead atoms. The van der Waals surface area contributed by atoms with Gasteiger partial charge in [-0.25, -0.2) is 0 Å². The lowest BCUT2D eigenvalue weighted by Crippen LogP contribution is -2.31. The number of hydrogen-bond donors (Lipinski definition) is 3. The molecule has 1 aliphatic rings. The predicted octanol–water partition coefficient (Wildman–Crippen LogP) is 0.275. The van der Waals surface area contributed by atoms with Gasteiger partial charge in [0.2, 0.25) is 5.91 Å². The van der Waals surface area contributed by atoms with Crippen molar-refractivity contribution in [2.75, 3.05) is 32.8 Å². The molecule has 1 fully saturated rings. The molecule has 0 aliphatic carbocycles. The van der Waals surface area contributed by atoms with Gasteiger partial charge in [0.25, 0.3) is 5.91 Å². The van der Waals surface area contributed by atoms with E-state index >= 15 is 0 Å². The number of rotatable bonds is 11. The Morgan fingerprint density at radius 3 is 2.78 bits per heavy atom. The average Bonchev–Trinajstić information content (AvgIpc) is 2.96. The van der Waals surface area contributed by atoms with Crippen LogP contribution >= 0.6 is 0 Å². The van der Waals surface area contributed by atoms with Gasteiger partial charge in [-0.05, 0) is 32.1 Å². The summed E-state index contributed by atoms with van der Waals surface area (Å²) in [5, 5.41) is 23.3. The van der Waals surface area contributed by atoms with Gasteiger partial charge in [-0.2, -0.15) is 5.26 Å². The first-order valence-corrected chi connectivity index (χ1v) is 8.19. The van der Waals surface area contributed by atoms with Gasteiger partial charge in [-0.15, -0.1) is 0 Å². The highest BCUT2D eigenvalue weighted by Crippen LogP contribution is 2.09. The third-order valence-electron chi connectivity index (χ3n) is 3.65. The molecule has 2 amide bonds. The van der Waals surface area contributed by atoms with Gasteiger partial charge in [-0.3, -0.25) is 9.59 Å². The Kier molecular flexibility index (Phi) is 9.48. The second kappa shape index (κ2) is 11.5. The Hall–Kier alpha value is -2.07. The Morgan fingerprint density at radius 2 is 2.13 bits per heavy atom. The third kappa shape index (κ3) is 7.66. The molecular weight excluding hydrogens is 296 g/mol. The molecule has 1 heterocycles. The third-order valence-corrected chi connectivity index (χ3v) is 3.65. The number of aliphatic hydroxyl groups is 1. The van der Waals surface area contributed by atoms with Crippen LogP contribution in [-0.2, 0) is 9.59 Å². The SMILES string of the molecule is N#C/C(=C/NCCCCCO)C(=O)NCCCN1CCCC1=O. The minimum Gasteiger partial charge on any atom is -0.396 e. The summed E-state index contributed by atoms with van der Waals surface area (Å²) < 4.78 is 0. The van der Waals surface area contributed by atoms with Crippen molar-refractivity contribution in [1.82, 2.24) is 15.5 Å². The van der Waals surface area contributed by atoms with Gasteiger partial charge in [0.1, 0.15) is 11.6 Å². The molecule has 1 aliphatic heterocycles. The van der Waals surface area contributed by atoms with Gasteiger partial charge < -0.3 is 20.6 Å². The van der Waals surface area contributed by atoms with Crippen molar-refractivity contribution >= 4 is 11.8 Å². The number of likely N-dealkylation sites (tertiary alicyclic amines) is 1. The summed E-state index contributed by atoms with van der Waals surface area (Å²) in [7, 11) is 0. The summed E-state index contributed by atoms with van der Waals surface area (Å²) >= 11 is 0. The van der Waals surface area contributed by atoms with Gasteiger partial charge in [0.05, 0.1) is 0 Å². The van der Waals surface area contributed by atoms with E-state index in [1.165, 1.54) is 6.20 Å². The van der Waals surface area contributed by atoms with Crippen LogP contribution in [0.1, 0.15) is 38.5 Å². The Balaban J connectivity index is 2.17. The summed E-state index contributed by atoms with van der Waals surface area (Å²) in [5.74, 6) is -0.220. The maximum atomic E-state index is 11.8. The standard InChI is InChI=1S/C16H26N4O3/c17-12-14(13-18-7-2-1-3-11-21)16(23)19-8-5-10-20-9-4-6-15(20)22/h13,18,21H,1-11H2,(H,19,23)/b14-13-. The molecular formula is C16H26N4O3. The van der Waals surface area contributed by atoms with Gasteiger partial charge in [-0.1, -0.05) is 0 Å². The molecule has 7 heteroatoms. The molecule has 0 aromatic rings. The van der Waals surface area contributed by atoms with Crippen molar-refractivity contribution in [3.8, 4) is 6.07 Å². The topological polar surface area (TPSA) is 105 Å². The van der Waals surface area contributed by atoms with Crippen molar-refractivity contribution in [3.63, 3.8) is 0 Å². The van der Waals surface area contributed by atoms with Crippen molar-refractivity contribution in [3.05, 3.63) is 11.8 Å². The van der Waals surface area contributed by atoms with Crippen LogP contribution in [0.2, 0.25) is 0 Å². The first kappa shape index (κ1) is 19.0. The number of carbonyl (C=O) groups is 2. The average molecular weight is 322 g/mol. The molecule has 23 heavy (non-hydrogen) atoms. The van der Waals surface area contributed by atoms with E-state index < -0.39 is 5.91 Å². The lowest BCUT2D eigenvalue weighted by atomic mass is 10.2. The van der Waals surface area contributed by atoms with Crippen LogP contribution < -0.4 is 10.6 Å². The van der Waals surface area contributed by atoms with Crippen molar-refractivity contribution in [1.29, 1.82) is 5.26 Å². The van der Waals surface area contributed by atoms with Crippen molar-refractivity contribution in [2.24, 2.45) is 0 Å². The Morgan fingerprint density at radius 1 is 1.30 bits per heavy atom. The molecule has 3 N–H and O–H groups in total. The largest absolute Gasteiger partial charge is 0.396 e. The molecule has 0 spiro atoms. The fourth-order valence-electron chi connectivity index (χ4n) is 2.35. The first-order valence-electron chi connectivity index (χ1n) is 8.19. The maximum absolute atomic E-state index is 11.8. The zero-order chi connectivity index (χ0) is 16.9. The minimum atomic E-state index is -0.400. The minimum absolute atomic E-state index is 0.0457. The lowest BCUT2D eigenvalue weighted by Gasteiger charge is -2.15. The number of unbranched alkanes of at least 4 members (excludes halogenated alkanes) is 2. The summed E-state index contributed by atoms with van der Waals surface area (Å²) in [4.78, 5) is 25.1. The van der Waals surface area contributed by atoms with Gasteiger partial charge in [0, 0.05) is 45.4 Å². The van der Waals surface area contributed by atoms with E-state index in [9.17, 15) is 9.59 Å². The predicted molar refractivity (Wildman–Crippen MR) is 86.1 cm³/mol. The van der Waals surface area contributed by atoms with Gasteiger partial charge >= 0.3 is 0 Å². The number of aliphatic hydroxyl groups excluding tert-OH is 1. The number of hydrogen-bond acceptors (Lipinski definition) is 5. The lowest BCUT2D eigenvalue weighted by molar-refractivity contribution is -0.127. The molecule has 0 atom stereocenters. The molecule has 1 rings (SSSR count). The quantitative estimate of drug-likeness (QED) is 0.288. The molecule has 0 radical (unpaired) electrons. The zero-order valence-electron chi connectivity index (χ0n) is 13.5. The highest BCUT2D eigenvalue weighted by molar-refractivity contribution is 5.97. The second-order valence-corrected chi connectivity index (χ2v) is 5.50. The van der Waals surface area contributed by atoms with E-state index in [0.29, 0.717) is 32.5 Å². The molecule has 0 aromatic carbocycles. The number of nitriles is 1. The van der Waals surface area contributed by atoms with E-state index in [-0.39, 0.29) is 18.1 Å². The fourth-order valence-corrected chi connectivity index (χ4v) is 2.35. The summed E-state index contributed by atoms with van der Waals surface area (Å²) in [6.45, 7) is 2.74. The molecule has 0 saturated carbocycles. The fraction of sp³-hybridized carbons (Fsp3) is 0.688. The highest BCUT2D eigenvalue weighted by Gasteiger charge is 2.19. The summed E-state index contributed by atoms with van der Waals surface area (Å²) in [5.41, 5.74) is 0.0457. The van der Waals surface area contributed by atoms with Crippen LogP contribution in [0.25, 0.3) is 0 Å². The summed E-state index contributed by atoms with van der Waals surface area (Å²) in [6, 6.07) is 1.88. The highest BCUT2D eigenvalue weighted by atomic mass is 16.3. The van der Waals surface area contributed by atoms with Crippen LogP contribution in [0.5, 0.6) is 0 Å². The van der Waals surface area contributed by atoms with Crippen molar-refractivity contribution < 1.29 is 14.7 Å². The van der Waals surface area contributed by atoms with Crippen LogP contribution in [-0.4, -0.2) is 54.6 Å². The number of nitrogens with one attached hydrogen (secondary N) is 2. The van der Waals surface area contributed by atoms with E-state index in [1.54, 1.807) is 4.90 Å². The van der Waals surface area contributed by atoms with E-state index in [0.717, 1.165) is 32.2 Å². The molecule has 7 nitrogen and oxygen atoms in total. The van der Waals surface area contributed by atoms with Crippen LogP contribution in [0.3, 0.4) is 0 Å². The first-order chi connectivity index (χ1) is 11.2. The normalized spacial score (nSPS) is 14.7. The van der Waals surface area contributed by atoms with E-state index in [2.05, 4.69) is 10.6 Å². The molecule has 0 aromatic heterocycles. The van der Waals surface area contributed by atoms with Crippen LogP contribution in [0, 0.1) is 11.3 Å². The van der Waals surface area contributed by atoms with Crippen LogP contribution in [0.4, 0.5) is 0 Å². The van der Waals surface area contributed by atoms with Crippen LogP contribution in [0.15, 0.2) is 11.8 Å². The van der Waals surface area contributed by atoms with Crippen molar-refractivity contribution in [2.45, 2.75) is 38.5 Å². The monoisotopic (exact) mass is 322 g/mol. The van der Waals surface area contributed by atoms with E-state index in [4.69, 9.17) is 10.4 Å². The number of amides is 2. The molecule has 0 unspecified atom stereocenters. The number of carbonyl (C=O) groups excluding carboxylic acids is 2. The molecule has 1 saturated heterocycles. The Labute approximate surface area is 137 Å². The maximum Gasteiger partial charge on any atom is 0.263 e. The summed E-state index contributed by atoms with van der Waals surface area (Å²) in [6.07, 6.45) is 6.19. The Bertz CT molecular complexity index is 457. The zero-order valence-corrected chi connectivity index (χ0v) is 13.5. The van der Waals surface area contributed by atoms with Gasteiger partial charge in [0.15, 0.2) is 0 Å². The van der Waals surface area contributed by atoms with E-state index in [1.807, 2.05) is 6.07 Å². The molecule has 128 valence electrons.